The van der Waals surface area contributed by atoms with E-state index in [9.17, 15) is 20.0 Å². The molecule has 0 amide bonds. The van der Waals surface area contributed by atoms with Crippen LogP contribution < -0.4 is 10.6 Å². The van der Waals surface area contributed by atoms with Crippen LogP contribution >= 0.6 is 0 Å². The Hall–Kier alpha value is -2.38. The Bertz CT molecular complexity index is 590. The lowest BCUT2D eigenvalue weighted by atomic mass is 9.76. The predicted molar refractivity (Wildman–Crippen MR) is 77.0 cm³/mol. The summed E-state index contributed by atoms with van der Waals surface area (Å²) in [7, 11) is 0. The first-order valence-electron chi connectivity index (χ1n) is 6.67. The molecule has 0 aromatic carbocycles. The van der Waals surface area contributed by atoms with Crippen LogP contribution in [0.5, 0.6) is 0 Å². The summed E-state index contributed by atoms with van der Waals surface area (Å²) in [6, 6.07) is 2.81. The molecule has 3 N–H and O–H groups in total. The van der Waals surface area contributed by atoms with E-state index < -0.39 is 16.3 Å². The second-order valence-corrected chi connectivity index (χ2v) is 5.62. The molecule has 2 heterocycles. The second-order valence-electron chi connectivity index (χ2n) is 5.62. The zero-order valence-electron chi connectivity index (χ0n) is 11.9. The highest BCUT2D eigenvalue weighted by Gasteiger charge is 2.47. The standard InChI is InChI=1S/C13H18N4O4/c1-8(2)13(12(18)19)5-6-16(7-13)10-4-3-9(17(20)21)11(14)15-10/h3-4,8H,5-7H2,1-2H3,(H2,14,15)(H,18,19). The Labute approximate surface area is 121 Å². The lowest BCUT2D eigenvalue weighted by Crippen LogP contribution is -2.39. The zero-order chi connectivity index (χ0) is 15.8. The predicted octanol–water partition coefficient (Wildman–Crippen LogP) is 1.51. The van der Waals surface area contributed by atoms with Gasteiger partial charge in [0.2, 0.25) is 5.82 Å². The van der Waals surface area contributed by atoms with Gasteiger partial charge in [0, 0.05) is 19.2 Å². The molecule has 0 spiro atoms. The molecule has 1 aromatic rings. The molecule has 1 atom stereocenters. The van der Waals surface area contributed by atoms with Gasteiger partial charge in [0.1, 0.15) is 5.82 Å². The van der Waals surface area contributed by atoms with Gasteiger partial charge in [-0.15, -0.1) is 0 Å². The number of nitrogen functional groups attached to an aromatic ring is 1. The maximum absolute atomic E-state index is 11.6. The van der Waals surface area contributed by atoms with Crippen molar-refractivity contribution in [3.8, 4) is 0 Å². The number of nitrogens with zero attached hydrogens (tertiary/aromatic N) is 3. The Balaban J connectivity index is 2.28. The van der Waals surface area contributed by atoms with Crippen LogP contribution in [0.25, 0.3) is 0 Å². The van der Waals surface area contributed by atoms with E-state index in [1.54, 1.807) is 0 Å². The van der Waals surface area contributed by atoms with Crippen molar-refractivity contribution in [2.45, 2.75) is 20.3 Å². The number of nitrogens with two attached hydrogens (primary N) is 1. The third-order valence-corrected chi connectivity index (χ3v) is 4.24. The van der Waals surface area contributed by atoms with Crippen LogP contribution in [-0.4, -0.2) is 34.1 Å². The Kier molecular flexibility index (Phi) is 3.71. The molecule has 114 valence electrons. The second kappa shape index (κ2) is 5.19. The maximum Gasteiger partial charge on any atom is 0.311 e. The lowest BCUT2D eigenvalue weighted by Gasteiger charge is -2.28. The van der Waals surface area contributed by atoms with Crippen molar-refractivity contribution in [3.63, 3.8) is 0 Å². The van der Waals surface area contributed by atoms with E-state index in [-0.39, 0.29) is 17.4 Å². The fraction of sp³-hybridized carbons (Fsp3) is 0.538. The summed E-state index contributed by atoms with van der Waals surface area (Å²) in [5, 5.41) is 20.2. The van der Waals surface area contributed by atoms with Crippen molar-refractivity contribution in [2.75, 3.05) is 23.7 Å². The van der Waals surface area contributed by atoms with Crippen molar-refractivity contribution in [1.29, 1.82) is 0 Å². The van der Waals surface area contributed by atoms with Crippen LogP contribution in [0.4, 0.5) is 17.3 Å². The SMILES string of the molecule is CC(C)C1(C(=O)O)CCN(c2ccc([N+](=O)[O-])c(N)n2)C1. The Morgan fingerprint density at radius 3 is 2.67 bits per heavy atom. The first kappa shape index (κ1) is 15.0. The summed E-state index contributed by atoms with van der Waals surface area (Å²) in [4.78, 5) is 27.6. The summed E-state index contributed by atoms with van der Waals surface area (Å²) >= 11 is 0. The van der Waals surface area contributed by atoms with Crippen LogP contribution in [-0.2, 0) is 4.79 Å². The monoisotopic (exact) mass is 294 g/mol. The van der Waals surface area contributed by atoms with Gasteiger partial charge < -0.3 is 15.7 Å². The van der Waals surface area contributed by atoms with Crippen molar-refractivity contribution < 1.29 is 14.8 Å². The summed E-state index contributed by atoms with van der Waals surface area (Å²) < 4.78 is 0. The van der Waals surface area contributed by atoms with E-state index in [1.807, 2.05) is 18.7 Å². The molecule has 1 unspecified atom stereocenters. The highest BCUT2D eigenvalue weighted by atomic mass is 16.6. The van der Waals surface area contributed by atoms with Gasteiger partial charge in [-0.1, -0.05) is 13.8 Å². The number of pyridine rings is 1. The summed E-state index contributed by atoms with van der Waals surface area (Å²) in [6.07, 6.45) is 0.512. The van der Waals surface area contributed by atoms with Gasteiger partial charge in [-0.25, -0.2) is 4.98 Å². The van der Waals surface area contributed by atoms with Crippen molar-refractivity contribution >= 4 is 23.3 Å². The van der Waals surface area contributed by atoms with Gasteiger partial charge >= 0.3 is 11.7 Å². The number of carboxylic acid groups (broad SMARTS) is 1. The summed E-state index contributed by atoms with van der Waals surface area (Å²) in [6.45, 7) is 4.63. The molecule has 0 saturated carbocycles. The third kappa shape index (κ3) is 2.48. The van der Waals surface area contributed by atoms with Gasteiger partial charge in [-0.05, 0) is 18.4 Å². The van der Waals surface area contributed by atoms with E-state index in [0.717, 1.165) is 0 Å². The summed E-state index contributed by atoms with van der Waals surface area (Å²) in [5.41, 5.74) is 4.52. The molecule has 1 aliphatic heterocycles. The van der Waals surface area contributed by atoms with Crippen LogP contribution in [0, 0.1) is 21.4 Å². The molecule has 21 heavy (non-hydrogen) atoms. The molecule has 0 aliphatic carbocycles. The smallest absolute Gasteiger partial charge is 0.311 e. The molecular formula is C13H18N4O4. The number of hydrogen-bond acceptors (Lipinski definition) is 6. The van der Waals surface area contributed by atoms with E-state index in [1.165, 1.54) is 12.1 Å². The molecule has 1 aromatic heterocycles. The number of rotatable bonds is 4. The number of aliphatic carboxylic acids is 1. The minimum Gasteiger partial charge on any atom is -0.481 e. The van der Waals surface area contributed by atoms with Crippen molar-refractivity contribution in [3.05, 3.63) is 22.2 Å². The Morgan fingerprint density at radius 1 is 1.57 bits per heavy atom. The highest BCUT2D eigenvalue weighted by Crippen LogP contribution is 2.40. The normalized spacial score (nSPS) is 21.8. The fourth-order valence-electron chi connectivity index (χ4n) is 2.71. The first-order chi connectivity index (χ1) is 9.78. The fourth-order valence-corrected chi connectivity index (χ4v) is 2.71. The molecular weight excluding hydrogens is 276 g/mol. The Morgan fingerprint density at radius 2 is 2.24 bits per heavy atom. The van der Waals surface area contributed by atoms with E-state index >= 15 is 0 Å². The summed E-state index contributed by atoms with van der Waals surface area (Å²) in [5.74, 6) is -0.526. The molecule has 0 bridgehead atoms. The highest BCUT2D eigenvalue weighted by molar-refractivity contribution is 5.77. The topological polar surface area (TPSA) is 123 Å². The average molecular weight is 294 g/mol. The van der Waals surface area contributed by atoms with Crippen molar-refractivity contribution in [1.82, 2.24) is 4.98 Å². The van der Waals surface area contributed by atoms with Gasteiger partial charge in [-0.3, -0.25) is 14.9 Å². The maximum atomic E-state index is 11.6. The lowest BCUT2D eigenvalue weighted by molar-refractivity contribution is -0.384. The number of anilines is 2. The molecule has 8 nitrogen and oxygen atoms in total. The molecule has 2 rings (SSSR count). The molecule has 1 fully saturated rings. The van der Waals surface area contributed by atoms with E-state index in [4.69, 9.17) is 5.73 Å². The zero-order valence-corrected chi connectivity index (χ0v) is 11.9. The van der Waals surface area contributed by atoms with Crippen molar-refractivity contribution in [2.24, 2.45) is 11.3 Å². The van der Waals surface area contributed by atoms with Crippen LogP contribution in [0.1, 0.15) is 20.3 Å². The van der Waals surface area contributed by atoms with Crippen LogP contribution in [0.2, 0.25) is 0 Å². The minimum absolute atomic E-state index is 0.0182. The van der Waals surface area contributed by atoms with Gasteiger partial charge in [-0.2, -0.15) is 0 Å². The number of aromatic nitrogens is 1. The quantitative estimate of drug-likeness (QED) is 0.637. The molecule has 1 saturated heterocycles. The average Bonchev–Trinajstić information content (AvgIpc) is 2.84. The van der Waals surface area contributed by atoms with E-state index in [0.29, 0.717) is 25.3 Å². The number of hydrogen-bond donors (Lipinski definition) is 2. The first-order valence-corrected chi connectivity index (χ1v) is 6.67. The number of carbonyl (C=O) groups is 1. The number of carboxylic acids is 1. The molecule has 1 aliphatic rings. The number of nitro groups is 1. The van der Waals surface area contributed by atoms with Crippen LogP contribution in [0.3, 0.4) is 0 Å². The van der Waals surface area contributed by atoms with Gasteiger partial charge in [0.15, 0.2) is 0 Å². The van der Waals surface area contributed by atoms with Crippen LogP contribution in [0.15, 0.2) is 12.1 Å². The van der Waals surface area contributed by atoms with Gasteiger partial charge in [0.05, 0.1) is 10.3 Å². The molecule has 0 radical (unpaired) electrons. The molecule has 8 heteroatoms. The largest absolute Gasteiger partial charge is 0.481 e. The van der Waals surface area contributed by atoms with E-state index in [2.05, 4.69) is 4.98 Å². The van der Waals surface area contributed by atoms with Gasteiger partial charge in [0.25, 0.3) is 0 Å². The minimum atomic E-state index is -0.824. The third-order valence-electron chi connectivity index (χ3n) is 4.24.